The zero-order valence-corrected chi connectivity index (χ0v) is 8.33. The first-order chi connectivity index (χ1) is 7.15. The minimum atomic E-state index is -5.80. The summed E-state index contributed by atoms with van der Waals surface area (Å²) < 4.78 is 60.6. The molecule has 0 aromatic heterocycles. The van der Waals surface area contributed by atoms with Crippen molar-refractivity contribution in [1.82, 2.24) is 4.90 Å². The van der Waals surface area contributed by atoms with E-state index in [1.165, 1.54) is 6.08 Å². The van der Waals surface area contributed by atoms with Crippen molar-refractivity contribution < 1.29 is 35.7 Å². The minimum Gasteiger partial charge on any atom is -0.465 e. The zero-order valence-electron chi connectivity index (χ0n) is 7.51. The molecule has 1 aliphatic rings. The summed E-state index contributed by atoms with van der Waals surface area (Å²) in [6.45, 7) is -0.229. The summed E-state index contributed by atoms with van der Waals surface area (Å²) in [4.78, 5) is 10.9. The van der Waals surface area contributed by atoms with E-state index in [9.17, 15) is 26.4 Å². The molecule has 0 bridgehead atoms. The van der Waals surface area contributed by atoms with Crippen molar-refractivity contribution in [2.45, 2.75) is 11.7 Å². The van der Waals surface area contributed by atoms with E-state index in [1.807, 2.05) is 0 Å². The summed E-state index contributed by atoms with van der Waals surface area (Å²) in [6.07, 6.45) is -1.25. The van der Waals surface area contributed by atoms with Gasteiger partial charge < -0.3 is 5.11 Å². The van der Waals surface area contributed by atoms with E-state index in [0.29, 0.717) is 4.90 Å². The van der Waals surface area contributed by atoms with Gasteiger partial charge in [-0.05, 0) is 6.08 Å². The van der Waals surface area contributed by atoms with Crippen LogP contribution < -0.4 is 0 Å². The average molecular weight is 261 g/mol. The number of hydrogen-bond acceptors (Lipinski definition) is 4. The molecule has 0 aliphatic carbocycles. The highest BCUT2D eigenvalue weighted by Crippen LogP contribution is 2.27. The van der Waals surface area contributed by atoms with E-state index < -0.39 is 27.9 Å². The van der Waals surface area contributed by atoms with Crippen LogP contribution in [0.1, 0.15) is 0 Å². The van der Waals surface area contributed by atoms with Gasteiger partial charge in [0, 0.05) is 6.54 Å². The van der Waals surface area contributed by atoms with Crippen molar-refractivity contribution in [2.24, 2.45) is 0 Å². The Bertz CT molecular complexity index is 414. The number of carbonyl (C=O) groups is 1. The molecule has 0 aromatic rings. The molecule has 92 valence electrons. The average Bonchev–Trinajstić information content (AvgIpc) is 2.49. The van der Waals surface area contributed by atoms with Gasteiger partial charge in [-0.2, -0.15) is 21.6 Å². The number of halogens is 3. The molecule has 0 fully saturated rings. The number of amides is 1. The second kappa shape index (κ2) is 3.94. The molecule has 0 saturated carbocycles. The number of hydrogen-bond donors (Lipinski definition) is 1. The van der Waals surface area contributed by atoms with E-state index in [2.05, 4.69) is 4.18 Å². The summed E-state index contributed by atoms with van der Waals surface area (Å²) in [5.74, 6) is 0. The van der Waals surface area contributed by atoms with E-state index >= 15 is 0 Å². The Morgan fingerprint density at radius 1 is 1.50 bits per heavy atom. The number of rotatable bonds is 2. The van der Waals surface area contributed by atoms with Crippen LogP contribution in [0.15, 0.2) is 12.2 Å². The normalized spacial score (nSPS) is 21.4. The van der Waals surface area contributed by atoms with Crippen LogP contribution in [0.5, 0.6) is 0 Å². The van der Waals surface area contributed by atoms with Gasteiger partial charge in [-0.15, -0.1) is 0 Å². The summed E-state index contributed by atoms with van der Waals surface area (Å²) >= 11 is 0. The predicted molar refractivity (Wildman–Crippen MR) is 43.7 cm³/mol. The van der Waals surface area contributed by atoms with Gasteiger partial charge in [-0.25, -0.2) is 8.98 Å². The highest BCUT2D eigenvalue weighted by Gasteiger charge is 2.49. The lowest BCUT2D eigenvalue weighted by Gasteiger charge is -2.21. The topological polar surface area (TPSA) is 83.9 Å². The fourth-order valence-corrected chi connectivity index (χ4v) is 1.49. The molecule has 10 heteroatoms. The quantitative estimate of drug-likeness (QED) is 0.450. The number of alkyl halides is 3. The van der Waals surface area contributed by atoms with Crippen LogP contribution >= 0.6 is 0 Å². The Labute approximate surface area is 88.0 Å². The molecule has 0 aromatic carbocycles. The van der Waals surface area contributed by atoms with Gasteiger partial charge in [0.05, 0.1) is 0 Å². The van der Waals surface area contributed by atoms with E-state index in [1.54, 1.807) is 0 Å². The van der Waals surface area contributed by atoms with Gasteiger partial charge in [0.25, 0.3) is 0 Å². The molecule has 1 amide bonds. The molecule has 0 radical (unpaired) electrons. The van der Waals surface area contributed by atoms with Crippen molar-refractivity contribution in [2.75, 3.05) is 6.54 Å². The van der Waals surface area contributed by atoms with E-state index in [0.717, 1.165) is 6.08 Å². The maximum atomic E-state index is 11.9. The molecule has 1 unspecified atom stereocenters. The third kappa shape index (κ3) is 2.44. The van der Waals surface area contributed by atoms with Gasteiger partial charge in [0.15, 0.2) is 6.23 Å². The van der Waals surface area contributed by atoms with Crippen LogP contribution in [0.2, 0.25) is 0 Å². The molecule has 1 atom stereocenters. The Morgan fingerprint density at radius 2 is 2.06 bits per heavy atom. The molecular formula is C6H6F3NO5S. The SMILES string of the molecule is O=C(O)N1CC=CC1OS(=O)(=O)C(F)(F)F. The molecular weight excluding hydrogens is 255 g/mol. The second-order valence-electron chi connectivity index (χ2n) is 2.75. The largest absolute Gasteiger partial charge is 0.523 e. The fourth-order valence-electron chi connectivity index (χ4n) is 0.954. The lowest BCUT2D eigenvalue weighted by Crippen LogP contribution is -2.40. The smallest absolute Gasteiger partial charge is 0.465 e. The fraction of sp³-hybridized carbons (Fsp3) is 0.500. The third-order valence-corrected chi connectivity index (χ3v) is 2.68. The maximum absolute atomic E-state index is 11.9. The van der Waals surface area contributed by atoms with Crippen molar-refractivity contribution in [3.8, 4) is 0 Å². The molecule has 0 saturated heterocycles. The first-order valence-electron chi connectivity index (χ1n) is 3.81. The Kier molecular flexibility index (Phi) is 3.15. The summed E-state index contributed by atoms with van der Waals surface area (Å²) in [5.41, 5.74) is -5.58. The van der Waals surface area contributed by atoms with E-state index in [-0.39, 0.29) is 6.54 Å². The molecule has 1 aliphatic heterocycles. The van der Waals surface area contributed by atoms with Gasteiger partial charge in [-0.1, -0.05) is 6.08 Å². The Hall–Kier alpha value is -1.29. The Morgan fingerprint density at radius 3 is 2.50 bits per heavy atom. The lowest BCUT2D eigenvalue weighted by molar-refractivity contribution is -0.0604. The van der Waals surface area contributed by atoms with Crippen molar-refractivity contribution in [3.63, 3.8) is 0 Å². The Balaban J connectivity index is 2.83. The van der Waals surface area contributed by atoms with E-state index in [4.69, 9.17) is 5.11 Å². The summed E-state index contributed by atoms with van der Waals surface area (Å²) in [6, 6.07) is 0. The lowest BCUT2D eigenvalue weighted by atomic mass is 10.5. The van der Waals surface area contributed by atoms with Crippen LogP contribution in [0.3, 0.4) is 0 Å². The summed E-state index contributed by atoms with van der Waals surface area (Å²) in [5, 5.41) is 8.51. The minimum absolute atomic E-state index is 0.229. The van der Waals surface area contributed by atoms with Crippen LogP contribution in [-0.2, 0) is 14.3 Å². The molecule has 1 rings (SSSR count). The molecule has 6 nitrogen and oxygen atoms in total. The summed E-state index contributed by atoms with van der Waals surface area (Å²) in [7, 11) is -5.80. The number of nitrogens with zero attached hydrogens (tertiary/aromatic N) is 1. The molecule has 0 spiro atoms. The molecule has 16 heavy (non-hydrogen) atoms. The highest BCUT2D eigenvalue weighted by molar-refractivity contribution is 7.87. The molecule has 1 heterocycles. The van der Waals surface area contributed by atoms with Crippen molar-refractivity contribution >= 4 is 16.2 Å². The first-order valence-corrected chi connectivity index (χ1v) is 5.22. The van der Waals surface area contributed by atoms with Crippen LogP contribution in [0.4, 0.5) is 18.0 Å². The van der Waals surface area contributed by atoms with Crippen LogP contribution in [-0.4, -0.2) is 42.8 Å². The maximum Gasteiger partial charge on any atom is 0.523 e. The number of carboxylic acid groups (broad SMARTS) is 1. The predicted octanol–water partition coefficient (Wildman–Crippen LogP) is 0.729. The van der Waals surface area contributed by atoms with Gasteiger partial charge in [0.1, 0.15) is 0 Å². The van der Waals surface area contributed by atoms with Gasteiger partial charge in [0.2, 0.25) is 0 Å². The van der Waals surface area contributed by atoms with Crippen LogP contribution in [0, 0.1) is 0 Å². The monoisotopic (exact) mass is 261 g/mol. The molecule has 1 N–H and O–H groups in total. The first kappa shape index (κ1) is 12.8. The zero-order chi connectivity index (χ0) is 12.6. The highest BCUT2D eigenvalue weighted by atomic mass is 32.2. The third-order valence-electron chi connectivity index (χ3n) is 1.66. The standard InChI is InChI=1S/C6H6F3NO5S/c7-6(8,9)16(13,14)15-4-2-1-3-10(4)5(11)12/h1-2,4H,3H2,(H,11,12). The van der Waals surface area contributed by atoms with Gasteiger partial charge in [-0.3, -0.25) is 4.90 Å². The van der Waals surface area contributed by atoms with Crippen molar-refractivity contribution in [1.29, 1.82) is 0 Å². The van der Waals surface area contributed by atoms with Gasteiger partial charge >= 0.3 is 21.7 Å². The van der Waals surface area contributed by atoms with Crippen molar-refractivity contribution in [3.05, 3.63) is 12.2 Å². The second-order valence-corrected chi connectivity index (χ2v) is 4.31. The van der Waals surface area contributed by atoms with Crippen LogP contribution in [0.25, 0.3) is 0 Å².